The van der Waals surface area contributed by atoms with Crippen LogP contribution in [0.5, 0.6) is 0 Å². The molecule has 0 unspecified atom stereocenters. The molecule has 0 atom stereocenters. The number of hydrogen-bond donors (Lipinski definition) is 0. The molecule has 0 aromatic heterocycles. The minimum Gasteiger partial charge on any atom is -0.648 e. The van der Waals surface area contributed by atoms with Gasteiger partial charge in [0.25, 0.3) is 0 Å². The van der Waals surface area contributed by atoms with Crippen LogP contribution >= 0.6 is 0 Å². The van der Waals surface area contributed by atoms with E-state index in [9.17, 15) is 9.59 Å². The SMILES string of the molecule is CC(=O)[CH-]N(C)[C-]=O.[K+].[W].[Y]. The van der Waals surface area contributed by atoms with Crippen molar-refractivity contribution >= 4 is 12.2 Å². The molecule has 1 amide bonds. The molecule has 0 saturated carbocycles. The standard InChI is InChI=1S/C5H7NO2.K.W.Y/c1-5(8)3-6(2)4-7;;;/h3H,1-2H3;;;/q-2;+1;;. The van der Waals surface area contributed by atoms with Crippen molar-refractivity contribution in [3.63, 3.8) is 0 Å². The van der Waals surface area contributed by atoms with Gasteiger partial charge >= 0.3 is 51.4 Å². The first-order valence-corrected chi connectivity index (χ1v) is 2.13. The van der Waals surface area contributed by atoms with Gasteiger partial charge < -0.3 is 14.5 Å². The number of ketones is 1. The largest absolute Gasteiger partial charge is 1.00 e. The van der Waals surface area contributed by atoms with Crippen LogP contribution in [0, 0.1) is 6.54 Å². The molecule has 0 N–H and O–H groups in total. The molecular weight excluding hydrogens is 418 g/mol. The third kappa shape index (κ3) is 19.0. The number of Topliss-reactive ketones (excluding diaryl/α,β-unsaturated/α-hetero) is 1. The predicted molar refractivity (Wildman–Crippen MR) is 28.4 cm³/mol. The molecule has 55 valence electrons. The zero-order valence-corrected chi connectivity index (χ0v) is 15.7. The van der Waals surface area contributed by atoms with Gasteiger partial charge in [-0.05, 0) is 14.0 Å². The van der Waals surface area contributed by atoms with Crippen LogP contribution in [-0.2, 0) is 63.4 Å². The van der Waals surface area contributed by atoms with Crippen molar-refractivity contribution in [1.29, 1.82) is 0 Å². The molecule has 3 nitrogen and oxygen atoms in total. The minimum absolute atomic E-state index is 0. The normalized spacial score (nSPS) is 5.64. The third-order valence-electron chi connectivity index (χ3n) is 0.519. The maximum atomic E-state index is 10.1. The Hall–Kier alpha value is 2.44. The number of likely N-dealkylation sites (N-methyl/N-ethyl adjacent to an activating group) is 1. The first-order chi connectivity index (χ1) is 3.66. The second-order valence-corrected chi connectivity index (χ2v) is 1.44. The quantitative estimate of drug-likeness (QED) is 0.271. The van der Waals surface area contributed by atoms with Crippen LogP contribution in [0.2, 0.25) is 0 Å². The van der Waals surface area contributed by atoms with Crippen molar-refractivity contribution < 1.29 is 115 Å². The topological polar surface area (TPSA) is 37.4 Å². The summed E-state index contributed by atoms with van der Waals surface area (Å²) >= 11 is 0. The number of amides is 1. The first-order valence-electron chi connectivity index (χ1n) is 2.13. The van der Waals surface area contributed by atoms with Crippen LogP contribution in [0.25, 0.3) is 0 Å². The Morgan fingerprint density at radius 2 is 1.91 bits per heavy atom. The summed E-state index contributed by atoms with van der Waals surface area (Å²) in [7, 11) is 1.45. The second kappa shape index (κ2) is 14.9. The van der Waals surface area contributed by atoms with E-state index in [0.717, 1.165) is 11.4 Å². The van der Waals surface area contributed by atoms with Crippen molar-refractivity contribution in [2.45, 2.75) is 6.92 Å². The van der Waals surface area contributed by atoms with E-state index in [1.807, 2.05) is 0 Å². The van der Waals surface area contributed by atoms with E-state index in [1.54, 1.807) is 0 Å². The van der Waals surface area contributed by atoms with E-state index in [1.165, 1.54) is 20.4 Å². The number of nitrogens with zero attached hydrogens (tertiary/aromatic N) is 1. The number of hydrogen-bond acceptors (Lipinski definition) is 2. The maximum absolute atomic E-state index is 10.1. The summed E-state index contributed by atoms with van der Waals surface area (Å²) in [6.45, 7) is 2.53. The first kappa shape index (κ1) is 23.3. The summed E-state index contributed by atoms with van der Waals surface area (Å²) in [6.07, 6.45) is 1.50. The zero-order chi connectivity index (χ0) is 6.57. The average Bonchev–Trinajstić information content (AvgIpc) is 1.65. The molecule has 0 aromatic carbocycles. The predicted octanol–water partition coefficient (Wildman–Crippen LogP) is -3.26. The van der Waals surface area contributed by atoms with E-state index in [-0.39, 0.29) is 111 Å². The number of carbonyl (C=O) groups is 1. The molecule has 0 aliphatic rings. The van der Waals surface area contributed by atoms with Crippen molar-refractivity contribution in [2.75, 3.05) is 7.05 Å². The Balaban J connectivity index is -0.0000000817. The second-order valence-electron chi connectivity index (χ2n) is 1.44. The fraction of sp³-hybridized carbons (Fsp3) is 0.400. The molecule has 0 aliphatic heterocycles. The van der Waals surface area contributed by atoms with Gasteiger partial charge in [0.1, 0.15) is 0 Å². The van der Waals surface area contributed by atoms with Crippen molar-refractivity contribution in [3.05, 3.63) is 6.54 Å². The summed E-state index contributed by atoms with van der Waals surface area (Å²) < 4.78 is 0. The van der Waals surface area contributed by atoms with E-state index in [0.29, 0.717) is 0 Å². The number of rotatable bonds is 3. The Kier molecular flexibility index (Phi) is 31.7. The molecule has 1 radical (unpaired) electrons. The van der Waals surface area contributed by atoms with E-state index in [2.05, 4.69) is 0 Å². The Bertz CT molecular complexity index is 115. The van der Waals surface area contributed by atoms with Crippen LogP contribution in [-0.4, -0.2) is 24.1 Å². The smallest absolute Gasteiger partial charge is 0.648 e. The van der Waals surface area contributed by atoms with Gasteiger partial charge in [0, 0.05) is 59.6 Å². The molecule has 0 rings (SSSR count). The van der Waals surface area contributed by atoms with Crippen molar-refractivity contribution in [1.82, 2.24) is 4.90 Å². The molecule has 0 heterocycles. The van der Waals surface area contributed by atoms with Gasteiger partial charge in [-0.15, -0.1) is 0 Å². The zero-order valence-electron chi connectivity index (χ0n) is 6.83. The van der Waals surface area contributed by atoms with Crippen LogP contribution in [0.4, 0.5) is 0 Å². The van der Waals surface area contributed by atoms with Crippen molar-refractivity contribution in [2.24, 2.45) is 0 Å². The van der Waals surface area contributed by atoms with E-state index in [4.69, 9.17) is 0 Å². The van der Waals surface area contributed by atoms with Gasteiger partial charge in [-0.1, -0.05) is 0 Å². The molecule has 0 saturated heterocycles. The Morgan fingerprint density at radius 3 is 2.00 bits per heavy atom. The Morgan fingerprint density at radius 1 is 1.55 bits per heavy atom. The molecular formula is C5H7KNO2WY-. The monoisotopic (exact) mass is 425 g/mol. The fourth-order valence-electron chi connectivity index (χ4n) is 0.299. The van der Waals surface area contributed by atoms with Gasteiger partial charge in [0.05, 0.1) is 0 Å². The summed E-state index contributed by atoms with van der Waals surface area (Å²) in [5.41, 5.74) is 0. The minimum atomic E-state index is -0.157. The van der Waals surface area contributed by atoms with E-state index >= 15 is 0 Å². The molecule has 6 heteroatoms. The summed E-state index contributed by atoms with van der Waals surface area (Å²) in [4.78, 5) is 20.8. The fourth-order valence-corrected chi connectivity index (χ4v) is 0.299. The van der Waals surface area contributed by atoms with Gasteiger partial charge in [-0.25, -0.2) is 0 Å². The maximum Gasteiger partial charge on any atom is 1.00 e. The Labute approximate surface area is 149 Å². The summed E-state index contributed by atoms with van der Waals surface area (Å²) in [5, 5.41) is 0. The summed E-state index contributed by atoms with van der Waals surface area (Å²) in [6, 6.07) is 0. The van der Waals surface area contributed by atoms with E-state index < -0.39 is 0 Å². The number of carbonyl (C=O) groups excluding carboxylic acids is 2. The van der Waals surface area contributed by atoms with Crippen LogP contribution < -0.4 is 51.4 Å². The van der Waals surface area contributed by atoms with Gasteiger partial charge in [-0.3, -0.25) is 6.54 Å². The molecule has 0 fully saturated rings. The van der Waals surface area contributed by atoms with Crippen LogP contribution in [0.1, 0.15) is 6.92 Å². The van der Waals surface area contributed by atoms with Gasteiger partial charge in [0.2, 0.25) is 0 Å². The van der Waals surface area contributed by atoms with Gasteiger partial charge in [-0.2, -0.15) is 6.41 Å². The van der Waals surface area contributed by atoms with Crippen LogP contribution in [0.15, 0.2) is 0 Å². The molecule has 11 heavy (non-hydrogen) atoms. The molecule has 0 bridgehead atoms. The molecule has 0 spiro atoms. The third-order valence-corrected chi connectivity index (χ3v) is 0.519. The van der Waals surface area contributed by atoms with Crippen LogP contribution in [0.3, 0.4) is 0 Å². The van der Waals surface area contributed by atoms with Gasteiger partial charge in [0.15, 0.2) is 0 Å². The molecule has 0 aromatic rings. The molecule has 0 aliphatic carbocycles. The summed E-state index contributed by atoms with van der Waals surface area (Å²) in [5.74, 6) is -0.157. The van der Waals surface area contributed by atoms with Crippen molar-refractivity contribution in [3.8, 4) is 0 Å². The average molecular weight is 425 g/mol.